The van der Waals surface area contributed by atoms with Gasteiger partial charge < -0.3 is 25.4 Å². The number of rotatable bonds is 9. The van der Waals surface area contributed by atoms with E-state index in [4.69, 9.17) is 0 Å². The Hall–Kier alpha value is -2.35. The van der Waals surface area contributed by atoms with E-state index >= 15 is 0 Å². The minimum atomic E-state index is -0.719. The van der Waals surface area contributed by atoms with Crippen LogP contribution in [-0.2, 0) is 19.1 Å². The van der Waals surface area contributed by atoms with Crippen molar-refractivity contribution in [3.63, 3.8) is 0 Å². The SMILES string of the molecule is C=C(C)C(=O)NCCC.C=C(OC(=O)NCCCC)C(=O)OCC.CNC. The first-order valence-electron chi connectivity index (χ1n) is 9.05. The zero-order chi connectivity index (χ0) is 21.7. The zero-order valence-corrected chi connectivity index (χ0v) is 17.7. The van der Waals surface area contributed by atoms with Gasteiger partial charge in [-0.15, -0.1) is 0 Å². The standard InChI is InChI=1S/C10H17NO4.C7H13NO.C2H7N/c1-4-6-7-11-10(13)15-8(3)9(12)14-5-2;1-4-5-8-7(9)6(2)3;1-3-2/h3-7H2,1-2H3,(H,11,13);2,4-5H2,1,3H3,(H,8,9);3H,1-2H3. The molecule has 0 fully saturated rings. The van der Waals surface area contributed by atoms with E-state index in [0.717, 1.165) is 25.8 Å². The summed E-state index contributed by atoms with van der Waals surface area (Å²) in [6.45, 7) is 15.6. The van der Waals surface area contributed by atoms with Gasteiger partial charge in [-0.3, -0.25) is 4.79 Å². The van der Waals surface area contributed by atoms with Crippen LogP contribution in [0.4, 0.5) is 4.79 Å². The number of ether oxygens (including phenoxy) is 2. The number of carbonyl (C=O) groups excluding carboxylic acids is 3. The third kappa shape index (κ3) is 23.6. The Morgan fingerprint density at radius 3 is 1.89 bits per heavy atom. The van der Waals surface area contributed by atoms with Crippen molar-refractivity contribution in [2.24, 2.45) is 0 Å². The van der Waals surface area contributed by atoms with Gasteiger partial charge in [0.15, 0.2) is 0 Å². The van der Waals surface area contributed by atoms with Crippen LogP contribution >= 0.6 is 0 Å². The van der Waals surface area contributed by atoms with Crippen molar-refractivity contribution in [1.29, 1.82) is 0 Å². The number of amides is 2. The van der Waals surface area contributed by atoms with Gasteiger partial charge in [-0.1, -0.05) is 26.8 Å². The zero-order valence-electron chi connectivity index (χ0n) is 17.7. The molecular weight excluding hydrogens is 350 g/mol. The van der Waals surface area contributed by atoms with Crippen molar-refractivity contribution in [3.05, 3.63) is 24.5 Å². The van der Waals surface area contributed by atoms with Gasteiger partial charge in [0.1, 0.15) is 0 Å². The Morgan fingerprint density at radius 2 is 1.48 bits per heavy atom. The third-order valence-corrected chi connectivity index (χ3v) is 2.44. The summed E-state index contributed by atoms with van der Waals surface area (Å²) in [7, 11) is 3.75. The van der Waals surface area contributed by atoms with E-state index in [2.05, 4.69) is 38.6 Å². The molecule has 0 aliphatic heterocycles. The van der Waals surface area contributed by atoms with Gasteiger partial charge in [0, 0.05) is 18.7 Å². The predicted molar refractivity (Wildman–Crippen MR) is 108 cm³/mol. The highest BCUT2D eigenvalue weighted by atomic mass is 16.6. The molecule has 2 amide bonds. The summed E-state index contributed by atoms with van der Waals surface area (Å²) in [4.78, 5) is 32.7. The van der Waals surface area contributed by atoms with Crippen LogP contribution in [0.5, 0.6) is 0 Å². The first-order valence-corrected chi connectivity index (χ1v) is 9.05. The van der Waals surface area contributed by atoms with Crippen LogP contribution in [0.2, 0.25) is 0 Å². The number of hydrogen-bond donors (Lipinski definition) is 3. The normalized spacial score (nSPS) is 8.67. The molecule has 0 saturated carbocycles. The van der Waals surface area contributed by atoms with Crippen LogP contribution in [0.3, 0.4) is 0 Å². The van der Waals surface area contributed by atoms with Crippen molar-refractivity contribution in [1.82, 2.24) is 16.0 Å². The molecule has 0 bridgehead atoms. The first-order chi connectivity index (χ1) is 12.7. The summed E-state index contributed by atoms with van der Waals surface area (Å²) in [5.74, 6) is -1.06. The number of nitrogens with one attached hydrogen (secondary N) is 3. The molecule has 0 saturated heterocycles. The summed E-state index contributed by atoms with van der Waals surface area (Å²) >= 11 is 0. The Balaban J connectivity index is -0.000000407. The minimum absolute atomic E-state index is 0.0446. The smallest absolute Gasteiger partial charge is 0.412 e. The molecule has 8 nitrogen and oxygen atoms in total. The maximum absolute atomic E-state index is 11.0. The fourth-order valence-corrected chi connectivity index (χ4v) is 1.16. The maximum Gasteiger partial charge on any atom is 0.412 e. The molecular formula is C19H37N3O5. The van der Waals surface area contributed by atoms with E-state index in [1.807, 2.05) is 27.9 Å². The molecule has 0 aromatic rings. The topological polar surface area (TPSA) is 106 Å². The lowest BCUT2D eigenvalue weighted by Crippen LogP contribution is -2.26. The van der Waals surface area contributed by atoms with Crippen LogP contribution in [0.25, 0.3) is 0 Å². The van der Waals surface area contributed by atoms with E-state index in [1.54, 1.807) is 13.8 Å². The number of esters is 1. The number of unbranched alkanes of at least 4 members (excludes halogenated alkanes) is 1. The molecule has 0 aliphatic rings. The molecule has 0 spiro atoms. The highest BCUT2D eigenvalue weighted by molar-refractivity contribution is 5.92. The van der Waals surface area contributed by atoms with Gasteiger partial charge in [-0.05, 0) is 47.4 Å². The van der Waals surface area contributed by atoms with Crippen LogP contribution in [0.15, 0.2) is 24.5 Å². The molecule has 0 aromatic heterocycles. The second kappa shape index (κ2) is 21.7. The molecule has 3 N–H and O–H groups in total. The Morgan fingerprint density at radius 1 is 0.926 bits per heavy atom. The second-order valence-corrected chi connectivity index (χ2v) is 5.35. The minimum Gasteiger partial charge on any atom is -0.460 e. The van der Waals surface area contributed by atoms with Crippen molar-refractivity contribution < 1.29 is 23.9 Å². The van der Waals surface area contributed by atoms with Crippen LogP contribution in [0, 0.1) is 0 Å². The second-order valence-electron chi connectivity index (χ2n) is 5.35. The monoisotopic (exact) mass is 387 g/mol. The molecule has 0 radical (unpaired) electrons. The molecule has 158 valence electrons. The summed E-state index contributed by atoms with van der Waals surface area (Å²) in [5.41, 5.74) is 0.573. The van der Waals surface area contributed by atoms with Crippen molar-refractivity contribution >= 4 is 18.0 Å². The number of carbonyl (C=O) groups is 3. The predicted octanol–water partition coefficient (Wildman–Crippen LogP) is 2.51. The Kier molecular flexibility index (Phi) is 23.6. The molecule has 0 aromatic carbocycles. The van der Waals surface area contributed by atoms with Crippen molar-refractivity contribution in [2.45, 2.75) is 47.0 Å². The number of hydrogen-bond acceptors (Lipinski definition) is 6. The molecule has 27 heavy (non-hydrogen) atoms. The summed E-state index contributed by atoms with van der Waals surface area (Å²) in [5, 5.41) is 7.92. The molecule has 8 heteroatoms. The van der Waals surface area contributed by atoms with E-state index in [-0.39, 0.29) is 18.3 Å². The molecule has 0 atom stereocenters. The Labute approximate surface area is 163 Å². The summed E-state index contributed by atoms with van der Waals surface area (Å²) in [6, 6.07) is 0. The average molecular weight is 388 g/mol. The molecule has 0 heterocycles. The van der Waals surface area contributed by atoms with Gasteiger partial charge in [0.2, 0.25) is 11.7 Å². The van der Waals surface area contributed by atoms with Crippen LogP contribution in [0.1, 0.15) is 47.0 Å². The van der Waals surface area contributed by atoms with Gasteiger partial charge in [0.05, 0.1) is 6.61 Å². The average Bonchev–Trinajstić information content (AvgIpc) is 2.61. The lowest BCUT2D eigenvalue weighted by molar-refractivity contribution is -0.141. The van der Waals surface area contributed by atoms with Gasteiger partial charge in [0.25, 0.3) is 0 Å². The van der Waals surface area contributed by atoms with E-state index in [0.29, 0.717) is 12.1 Å². The van der Waals surface area contributed by atoms with Crippen molar-refractivity contribution in [2.75, 3.05) is 33.8 Å². The maximum atomic E-state index is 11.0. The molecule has 0 aliphatic carbocycles. The Bertz CT molecular complexity index is 451. The summed E-state index contributed by atoms with van der Waals surface area (Å²) < 4.78 is 9.18. The lowest BCUT2D eigenvalue weighted by atomic mass is 10.3. The molecule has 0 rings (SSSR count). The van der Waals surface area contributed by atoms with Crippen molar-refractivity contribution in [3.8, 4) is 0 Å². The highest BCUT2D eigenvalue weighted by Crippen LogP contribution is 1.97. The van der Waals surface area contributed by atoms with Crippen LogP contribution in [-0.4, -0.2) is 51.8 Å². The fraction of sp³-hybridized carbons (Fsp3) is 0.632. The fourth-order valence-electron chi connectivity index (χ4n) is 1.16. The molecule has 0 unspecified atom stereocenters. The van der Waals surface area contributed by atoms with E-state index < -0.39 is 12.1 Å². The van der Waals surface area contributed by atoms with Gasteiger partial charge in [-0.2, -0.15) is 0 Å². The third-order valence-electron chi connectivity index (χ3n) is 2.44. The largest absolute Gasteiger partial charge is 0.460 e. The van der Waals surface area contributed by atoms with Crippen LogP contribution < -0.4 is 16.0 Å². The first kappa shape index (κ1) is 29.4. The lowest BCUT2D eigenvalue weighted by Gasteiger charge is -2.07. The quantitative estimate of drug-likeness (QED) is 0.243. The van der Waals surface area contributed by atoms with Gasteiger partial charge >= 0.3 is 12.1 Å². The number of alkyl carbamates (subject to hydrolysis) is 1. The van der Waals surface area contributed by atoms with Gasteiger partial charge in [-0.25, -0.2) is 9.59 Å². The van der Waals surface area contributed by atoms with E-state index in [9.17, 15) is 14.4 Å². The van der Waals surface area contributed by atoms with E-state index in [1.165, 1.54) is 0 Å². The highest BCUT2D eigenvalue weighted by Gasteiger charge is 2.13. The summed E-state index contributed by atoms with van der Waals surface area (Å²) in [6.07, 6.45) is 2.13.